The first-order chi connectivity index (χ1) is 9.38. The number of methoxy groups -OCH3 is 1. The van der Waals surface area contributed by atoms with Crippen LogP contribution in [0.2, 0.25) is 0 Å². The molecule has 0 bridgehead atoms. The van der Waals surface area contributed by atoms with Gasteiger partial charge in [-0.15, -0.1) is 0 Å². The smallest absolute Gasteiger partial charge is 0.119 e. The predicted molar refractivity (Wildman–Crippen MR) is 77.6 cm³/mol. The maximum atomic E-state index is 5.67. The molecule has 1 aliphatic carbocycles. The average molecular weight is 263 g/mol. The van der Waals surface area contributed by atoms with Crippen molar-refractivity contribution >= 4 is 0 Å². The van der Waals surface area contributed by atoms with E-state index in [1.807, 2.05) is 37.4 Å². The van der Waals surface area contributed by atoms with Crippen LogP contribution in [0, 0.1) is 0 Å². The van der Waals surface area contributed by atoms with Gasteiger partial charge in [0, 0.05) is 13.2 Å². The minimum absolute atomic E-state index is 0.451. The fourth-order valence-electron chi connectivity index (χ4n) is 2.63. The second kappa shape index (κ2) is 8.18. The maximum absolute atomic E-state index is 5.67. The van der Waals surface area contributed by atoms with Crippen LogP contribution in [0.5, 0.6) is 5.75 Å². The fourth-order valence-corrected chi connectivity index (χ4v) is 2.63. The zero-order valence-electron chi connectivity index (χ0n) is 11.8. The van der Waals surface area contributed by atoms with Gasteiger partial charge in [-0.2, -0.15) is 0 Å². The highest BCUT2D eigenvalue weighted by Crippen LogP contribution is 2.20. The summed E-state index contributed by atoms with van der Waals surface area (Å²) < 4.78 is 11.1. The van der Waals surface area contributed by atoms with Gasteiger partial charge in [-0.05, 0) is 50.8 Å². The molecule has 2 unspecified atom stereocenters. The second-order valence-corrected chi connectivity index (χ2v) is 5.19. The molecule has 3 heteroatoms. The van der Waals surface area contributed by atoms with Gasteiger partial charge >= 0.3 is 0 Å². The predicted octanol–water partition coefficient (Wildman–Crippen LogP) is 3.00. The van der Waals surface area contributed by atoms with Gasteiger partial charge < -0.3 is 14.8 Å². The largest absolute Gasteiger partial charge is 0.494 e. The molecule has 0 aliphatic heterocycles. The lowest BCUT2D eigenvalue weighted by atomic mass is 9.93. The minimum Gasteiger partial charge on any atom is -0.494 e. The third-order valence-electron chi connectivity index (χ3n) is 3.73. The van der Waals surface area contributed by atoms with E-state index < -0.39 is 0 Å². The Kier molecular flexibility index (Phi) is 6.18. The van der Waals surface area contributed by atoms with Crippen LogP contribution in [0.3, 0.4) is 0 Å². The first-order valence-electron chi connectivity index (χ1n) is 7.32. The monoisotopic (exact) mass is 263 g/mol. The van der Waals surface area contributed by atoms with E-state index >= 15 is 0 Å². The van der Waals surface area contributed by atoms with E-state index in [0.29, 0.717) is 12.1 Å². The van der Waals surface area contributed by atoms with Crippen molar-refractivity contribution in [1.82, 2.24) is 5.32 Å². The number of benzene rings is 1. The number of ether oxygens (including phenoxy) is 2. The van der Waals surface area contributed by atoms with Crippen LogP contribution in [0.15, 0.2) is 30.3 Å². The molecule has 0 amide bonds. The molecule has 1 aliphatic rings. The second-order valence-electron chi connectivity index (χ2n) is 5.19. The van der Waals surface area contributed by atoms with Crippen molar-refractivity contribution in [2.75, 3.05) is 20.3 Å². The highest BCUT2D eigenvalue weighted by molar-refractivity contribution is 5.20. The zero-order chi connectivity index (χ0) is 13.3. The van der Waals surface area contributed by atoms with Crippen molar-refractivity contribution in [2.45, 2.75) is 44.2 Å². The van der Waals surface area contributed by atoms with Crippen molar-refractivity contribution in [3.8, 4) is 5.75 Å². The lowest BCUT2D eigenvalue weighted by molar-refractivity contribution is 0.0587. The summed E-state index contributed by atoms with van der Waals surface area (Å²) in [6.07, 6.45) is 6.41. The Balaban J connectivity index is 1.54. The van der Waals surface area contributed by atoms with Gasteiger partial charge in [0.15, 0.2) is 0 Å². The Morgan fingerprint density at radius 1 is 1.21 bits per heavy atom. The van der Waals surface area contributed by atoms with Gasteiger partial charge in [0.2, 0.25) is 0 Å². The normalized spacial score (nSPS) is 23.2. The molecule has 1 saturated carbocycles. The molecule has 0 aromatic heterocycles. The van der Waals surface area contributed by atoms with Crippen molar-refractivity contribution in [3.05, 3.63) is 30.3 Å². The summed E-state index contributed by atoms with van der Waals surface area (Å²) in [5, 5.41) is 3.61. The molecule has 1 fully saturated rings. The number of nitrogens with one attached hydrogen (secondary N) is 1. The van der Waals surface area contributed by atoms with Crippen molar-refractivity contribution < 1.29 is 9.47 Å². The standard InChI is InChI=1S/C16H25NO2/c1-18-16-10-5-7-14(13-16)17-11-6-12-19-15-8-3-2-4-9-15/h2-4,8-9,14,16-17H,5-7,10-13H2,1H3. The maximum Gasteiger partial charge on any atom is 0.119 e. The van der Waals surface area contributed by atoms with E-state index in [0.717, 1.165) is 31.7 Å². The average Bonchev–Trinajstić information content (AvgIpc) is 2.48. The Morgan fingerprint density at radius 3 is 2.84 bits per heavy atom. The molecule has 2 atom stereocenters. The molecule has 0 spiro atoms. The molecule has 0 saturated heterocycles. The van der Waals surface area contributed by atoms with Crippen LogP contribution in [-0.2, 0) is 4.74 Å². The lowest BCUT2D eigenvalue weighted by Crippen LogP contribution is -2.37. The van der Waals surface area contributed by atoms with Crippen LogP contribution in [0.4, 0.5) is 0 Å². The number of para-hydroxylation sites is 1. The van der Waals surface area contributed by atoms with Crippen molar-refractivity contribution in [1.29, 1.82) is 0 Å². The SMILES string of the molecule is COC1CCCC(NCCCOc2ccccc2)C1. The summed E-state index contributed by atoms with van der Waals surface area (Å²) in [4.78, 5) is 0. The number of hydrogen-bond donors (Lipinski definition) is 1. The number of hydrogen-bond acceptors (Lipinski definition) is 3. The summed E-state index contributed by atoms with van der Waals surface area (Å²) in [5.74, 6) is 0.958. The lowest BCUT2D eigenvalue weighted by Gasteiger charge is -2.28. The summed E-state index contributed by atoms with van der Waals surface area (Å²) in [6, 6.07) is 10.6. The Bertz CT molecular complexity index is 342. The van der Waals surface area contributed by atoms with Crippen molar-refractivity contribution in [2.24, 2.45) is 0 Å². The van der Waals surface area contributed by atoms with E-state index in [1.165, 1.54) is 19.3 Å². The van der Waals surface area contributed by atoms with Gasteiger partial charge in [0.25, 0.3) is 0 Å². The minimum atomic E-state index is 0.451. The molecule has 0 radical (unpaired) electrons. The van der Waals surface area contributed by atoms with Crippen LogP contribution < -0.4 is 10.1 Å². The first kappa shape index (κ1) is 14.4. The number of rotatable bonds is 7. The van der Waals surface area contributed by atoms with Gasteiger partial charge in [-0.3, -0.25) is 0 Å². The van der Waals surface area contributed by atoms with Crippen LogP contribution in [-0.4, -0.2) is 32.4 Å². The molecule has 2 rings (SSSR count). The molecule has 0 heterocycles. The summed E-state index contributed by atoms with van der Waals surface area (Å²) >= 11 is 0. The van der Waals surface area contributed by atoms with E-state index in [9.17, 15) is 0 Å². The van der Waals surface area contributed by atoms with Gasteiger partial charge in [-0.25, -0.2) is 0 Å². The van der Waals surface area contributed by atoms with E-state index in [2.05, 4.69) is 5.32 Å². The van der Waals surface area contributed by atoms with Gasteiger partial charge in [0.1, 0.15) is 5.75 Å². The van der Waals surface area contributed by atoms with E-state index in [4.69, 9.17) is 9.47 Å². The topological polar surface area (TPSA) is 30.5 Å². The molecule has 1 aromatic rings. The van der Waals surface area contributed by atoms with Gasteiger partial charge in [0.05, 0.1) is 12.7 Å². The van der Waals surface area contributed by atoms with E-state index in [-0.39, 0.29) is 0 Å². The van der Waals surface area contributed by atoms with Crippen LogP contribution in [0.25, 0.3) is 0 Å². The first-order valence-corrected chi connectivity index (χ1v) is 7.32. The van der Waals surface area contributed by atoms with Gasteiger partial charge in [-0.1, -0.05) is 18.2 Å². The van der Waals surface area contributed by atoms with Crippen LogP contribution >= 0.6 is 0 Å². The quantitative estimate of drug-likeness (QED) is 0.767. The molecular weight excluding hydrogens is 238 g/mol. The Hall–Kier alpha value is -1.06. The Labute approximate surface area is 116 Å². The highest BCUT2D eigenvalue weighted by atomic mass is 16.5. The van der Waals surface area contributed by atoms with Crippen LogP contribution in [0.1, 0.15) is 32.1 Å². The molecule has 1 aromatic carbocycles. The molecule has 106 valence electrons. The zero-order valence-corrected chi connectivity index (χ0v) is 11.8. The molecule has 3 nitrogen and oxygen atoms in total. The molecule has 1 N–H and O–H groups in total. The summed E-state index contributed by atoms with van der Waals surface area (Å²) in [7, 11) is 1.82. The molecular formula is C16H25NO2. The third-order valence-corrected chi connectivity index (χ3v) is 3.73. The Morgan fingerprint density at radius 2 is 2.05 bits per heavy atom. The third kappa shape index (κ3) is 5.21. The van der Waals surface area contributed by atoms with Crippen molar-refractivity contribution in [3.63, 3.8) is 0 Å². The van der Waals surface area contributed by atoms with E-state index in [1.54, 1.807) is 0 Å². The highest BCUT2D eigenvalue weighted by Gasteiger charge is 2.20. The fraction of sp³-hybridized carbons (Fsp3) is 0.625. The molecule has 19 heavy (non-hydrogen) atoms. The summed E-state index contributed by atoms with van der Waals surface area (Å²) in [5.41, 5.74) is 0. The summed E-state index contributed by atoms with van der Waals surface area (Å²) in [6.45, 7) is 1.80.